The third kappa shape index (κ3) is 14.0. The number of aromatic nitrogens is 3. The van der Waals surface area contributed by atoms with Crippen molar-refractivity contribution in [2.75, 3.05) is 26.5 Å². The van der Waals surface area contributed by atoms with Crippen LogP contribution < -0.4 is 0 Å². The van der Waals surface area contributed by atoms with Crippen molar-refractivity contribution < 1.29 is 51.9 Å². The summed E-state index contributed by atoms with van der Waals surface area (Å²) in [6.07, 6.45) is 1.59. The number of sulfone groups is 1. The van der Waals surface area contributed by atoms with E-state index >= 15 is 0 Å². The molecule has 2 aromatic rings. The molecule has 69 heavy (non-hydrogen) atoms. The van der Waals surface area contributed by atoms with Crippen LogP contribution >= 0.6 is 0 Å². The number of aliphatic hydroxyl groups excluding tert-OH is 2. The summed E-state index contributed by atoms with van der Waals surface area (Å²) in [5, 5.41) is 45.8. The minimum absolute atomic E-state index is 0.0553. The van der Waals surface area contributed by atoms with Gasteiger partial charge in [-0.15, -0.1) is 5.10 Å². The number of halogens is 1. The van der Waals surface area contributed by atoms with E-state index in [-0.39, 0.29) is 35.2 Å². The number of esters is 1. The summed E-state index contributed by atoms with van der Waals surface area (Å²) >= 11 is 0. The van der Waals surface area contributed by atoms with E-state index in [0.717, 1.165) is 17.4 Å². The largest absolute Gasteiger partial charge is 0.459 e. The van der Waals surface area contributed by atoms with Crippen LogP contribution in [-0.4, -0.2) is 136 Å². The highest BCUT2D eigenvalue weighted by Gasteiger charge is 2.52. The molecule has 1 aliphatic carbocycles. The molecule has 2 bridgehead atoms. The zero-order valence-electron chi connectivity index (χ0n) is 43.2. The number of aliphatic imine (C=N–C) groups is 1. The van der Waals surface area contributed by atoms with E-state index in [4.69, 9.17) is 14.2 Å². The molecule has 15 atom stereocenters. The molecule has 1 amide bonds. The SMILES string of the molecule is C=C1CC[C@@H]2[C@@H](C)C(=NC(C)=O)[C@H](C)C[C@@](C)(CC1)[C@H](O[C@@H]1O[C@H](C)C[C@H](N(C)CCc3cn([C@H](CF)Cc4ccc(S(C)(=O)=O)cc4)nn3)[C@H]1O)[C@@H](C)[C@H](O)[C@@H](C)C(=O)O[C@H](CC(C)C)[C@@]2(C)O. The molecule has 0 unspecified atom stereocenters. The molecule has 1 saturated carbocycles. The van der Waals surface area contributed by atoms with Gasteiger partial charge in [0.25, 0.3) is 0 Å². The fourth-order valence-electron chi connectivity index (χ4n) is 11.4. The number of ether oxygens (including phenoxy) is 3. The number of fused-ring (bicyclic) bond motifs is 5. The monoisotopic (exact) mass is 988 g/mol. The van der Waals surface area contributed by atoms with Crippen LogP contribution in [0.15, 0.2) is 52.5 Å². The summed E-state index contributed by atoms with van der Waals surface area (Å²) in [4.78, 5) is 34.1. The van der Waals surface area contributed by atoms with Gasteiger partial charge in [0.1, 0.15) is 24.5 Å². The van der Waals surface area contributed by atoms with Crippen LogP contribution in [0.25, 0.3) is 0 Å². The zero-order chi connectivity index (χ0) is 51.3. The van der Waals surface area contributed by atoms with Crippen molar-refractivity contribution in [2.45, 2.75) is 186 Å². The lowest BCUT2D eigenvalue weighted by atomic mass is 9.65. The normalized spacial score (nSPS) is 35.6. The topological polar surface area (TPSA) is 203 Å². The molecule has 3 fully saturated rings. The van der Waals surface area contributed by atoms with E-state index in [2.05, 4.69) is 28.8 Å². The Labute approximate surface area is 410 Å². The Morgan fingerprint density at radius 1 is 1.09 bits per heavy atom. The van der Waals surface area contributed by atoms with Crippen molar-refractivity contribution in [1.29, 1.82) is 0 Å². The number of likely N-dealkylation sites (N-methyl/N-ethyl adjacent to an activating group) is 1. The van der Waals surface area contributed by atoms with E-state index in [1.807, 2.05) is 53.5 Å². The number of alkyl halides is 1. The number of benzene rings is 1. The van der Waals surface area contributed by atoms with Crippen molar-refractivity contribution in [1.82, 2.24) is 19.9 Å². The third-order valence-electron chi connectivity index (χ3n) is 15.5. The number of amides is 1. The number of hydrogen-bond donors (Lipinski definition) is 3. The van der Waals surface area contributed by atoms with Gasteiger partial charge in [0.2, 0.25) is 5.91 Å². The summed E-state index contributed by atoms with van der Waals surface area (Å²) in [5.41, 5.74) is 0.735. The smallest absolute Gasteiger partial charge is 0.311 e. The molecule has 17 heteroatoms. The minimum atomic E-state index is -3.36. The second-order valence-corrected chi connectivity index (χ2v) is 23.9. The van der Waals surface area contributed by atoms with Crippen molar-refractivity contribution in [3.05, 3.63) is 53.9 Å². The number of cyclic esters (lactones) is 1. The van der Waals surface area contributed by atoms with Crippen LogP contribution in [0.3, 0.4) is 0 Å². The van der Waals surface area contributed by atoms with Crippen molar-refractivity contribution in [3.8, 4) is 0 Å². The molecule has 5 rings (SSSR count). The first kappa shape index (κ1) is 56.5. The fraction of sp³-hybridized carbons (Fsp3) is 0.750. The lowest BCUT2D eigenvalue weighted by molar-refractivity contribution is -0.293. The molecule has 2 saturated heterocycles. The average Bonchev–Trinajstić information content (AvgIpc) is 3.75. The first-order chi connectivity index (χ1) is 32.2. The molecule has 0 spiro atoms. The molecule has 3 N–H and O–H groups in total. The molecule has 15 nitrogen and oxygen atoms in total. The van der Waals surface area contributed by atoms with Gasteiger partial charge in [-0.2, -0.15) is 0 Å². The molecule has 3 heterocycles. The van der Waals surface area contributed by atoms with E-state index in [0.29, 0.717) is 69.3 Å². The summed E-state index contributed by atoms with van der Waals surface area (Å²) in [6.45, 7) is 23.0. The first-order valence-corrected chi connectivity index (χ1v) is 26.9. The maximum Gasteiger partial charge on any atom is 0.311 e. The van der Waals surface area contributed by atoms with E-state index in [9.17, 15) is 37.7 Å². The van der Waals surface area contributed by atoms with E-state index in [1.54, 1.807) is 32.2 Å². The number of hydrogen-bond acceptors (Lipinski definition) is 13. The Balaban J connectivity index is 1.44. The molecule has 3 aliphatic rings. The molecule has 388 valence electrons. The minimum Gasteiger partial charge on any atom is -0.459 e. The van der Waals surface area contributed by atoms with Gasteiger partial charge >= 0.3 is 5.97 Å². The Bertz CT molecular complexity index is 2200. The average molecular weight is 988 g/mol. The van der Waals surface area contributed by atoms with Crippen LogP contribution in [0.2, 0.25) is 0 Å². The van der Waals surface area contributed by atoms with E-state index < -0.39 is 100.0 Å². The molecule has 1 aromatic heterocycles. The molecule has 1 aromatic carbocycles. The number of carbonyl (C=O) groups is 2. The van der Waals surface area contributed by atoms with Crippen LogP contribution in [0.4, 0.5) is 4.39 Å². The second kappa shape index (κ2) is 23.4. The summed E-state index contributed by atoms with van der Waals surface area (Å²) in [6, 6.07) is 5.31. The lowest BCUT2D eigenvalue weighted by Gasteiger charge is -2.49. The van der Waals surface area contributed by atoms with Gasteiger partial charge < -0.3 is 34.4 Å². The van der Waals surface area contributed by atoms with Gasteiger partial charge in [-0.25, -0.2) is 22.5 Å². The maximum atomic E-state index is 14.4. The van der Waals surface area contributed by atoms with Gasteiger partial charge in [0.05, 0.1) is 40.9 Å². The Hall–Kier alpha value is -3.45. The lowest BCUT2D eigenvalue weighted by Crippen LogP contribution is -2.58. The molecular weight excluding hydrogens is 906 g/mol. The number of allylic oxidation sites excluding steroid dienone is 1. The van der Waals surface area contributed by atoms with Crippen LogP contribution in [-0.2, 0) is 46.5 Å². The standard InChI is InChI=1S/C52H82FN5O10S/c1-30(2)24-44-52(11,63)42-19-14-31(3)20-22-51(10,27-32(4)45(34(42)6)54-37(9)59)48(35(7)46(60)36(8)49(62)67-44)68-50-47(61)43(25-33(5)66-50)57(12)23-21-39-29-58(56-55-39)40(28-53)26-38-15-17-41(18-16-38)69(13,64)65/h15-18,29-30,32-36,40,42-44,46-48,50,60-61,63H,3,14,19-28H2,1-2,4-13H3/t32-,33-,34-,35+,36-,40+,42-,43+,44-,46+,47-,48-,50+,51-,52+/m1/s1. The fourth-order valence-corrected chi connectivity index (χ4v) is 12.0. The van der Waals surface area contributed by atoms with Gasteiger partial charge in [0.15, 0.2) is 16.1 Å². The second-order valence-electron chi connectivity index (χ2n) is 21.9. The van der Waals surface area contributed by atoms with Crippen molar-refractivity contribution in [3.63, 3.8) is 0 Å². The van der Waals surface area contributed by atoms with Gasteiger partial charge in [0, 0.05) is 55.9 Å². The number of carbonyl (C=O) groups excluding carboxylic acids is 2. The van der Waals surface area contributed by atoms with Crippen LogP contribution in [0, 0.1) is 40.9 Å². The Morgan fingerprint density at radius 2 is 1.75 bits per heavy atom. The summed E-state index contributed by atoms with van der Waals surface area (Å²) in [7, 11) is -1.45. The highest BCUT2D eigenvalue weighted by molar-refractivity contribution is 7.90. The Morgan fingerprint density at radius 3 is 2.36 bits per heavy atom. The molecule has 2 aliphatic heterocycles. The molecule has 0 radical (unpaired) electrons. The van der Waals surface area contributed by atoms with Crippen molar-refractivity contribution >= 4 is 27.4 Å². The van der Waals surface area contributed by atoms with Crippen LogP contribution in [0.1, 0.15) is 131 Å². The van der Waals surface area contributed by atoms with Gasteiger partial charge in [-0.1, -0.05) is 71.0 Å². The predicted molar refractivity (Wildman–Crippen MR) is 263 cm³/mol. The molecular formula is C52H82FN5O10S. The first-order valence-electron chi connectivity index (χ1n) is 25.0. The van der Waals surface area contributed by atoms with E-state index in [1.165, 1.54) is 23.7 Å². The summed E-state index contributed by atoms with van der Waals surface area (Å²) < 4.78 is 59.6. The van der Waals surface area contributed by atoms with Crippen molar-refractivity contribution in [2.24, 2.45) is 45.9 Å². The maximum absolute atomic E-state index is 14.4. The summed E-state index contributed by atoms with van der Waals surface area (Å²) in [5.74, 6) is -3.80. The zero-order valence-corrected chi connectivity index (χ0v) is 44.0. The number of nitrogens with zero attached hydrogens (tertiary/aromatic N) is 5. The third-order valence-corrected chi connectivity index (χ3v) is 16.7. The Kier molecular flexibility index (Phi) is 19.1. The number of aliphatic hydroxyl groups is 3. The quantitative estimate of drug-likeness (QED) is 0.138. The predicted octanol–water partition coefficient (Wildman–Crippen LogP) is 6.92. The number of rotatable bonds is 13. The van der Waals surface area contributed by atoms with Crippen LogP contribution in [0.5, 0.6) is 0 Å². The highest BCUT2D eigenvalue weighted by Crippen LogP contribution is 2.48. The van der Waals surface area contributed by atoms with Gasteiger partial charge in [-0.05, 0) is 120 Å². The highest BCUT2D eigenvalue weighted by atomic mass is 32.2. The van der Waals surface area contributed by atoms with Gasteiger partial charge in [-0.3, -0.25) is 9.59 Å².